The predicted octanol–water partition coefficient (Wildman–Crippen LogP) is 1.73. The van der Waals surface area contributed by atoms with Gasteiger partial charge in [-0.25, -0.2) is 0 Å². The van der Waals surface area contributed by atoms with E-state index in [1.54, 1.807) is 7.11 Å². The zero-order valence-electron chi connectivity index (χ0n) is 11.2. The van der Waals surface area contributed by atoms with Crippen molar-refractivity contribution in [1.29, 1.82) is 0 Å². The lowest BCUT2D eigenvalue weighted by Gasteiger charge is -2.34. The largest absolute Gasteiger partial charge is 0.383 e. The molecule has 0 aromatic rings. The van der Waals surface area contributed by atoms with E-state index in [0.29, 0.717) is 6.04 Å². The number of ether oxygens (including phenoxy) is 1. The minimum Gasteiger partial charge on any atom is -0.383 e. The minimum absolute atomic E-state index is 0.559. The number of methoxy groups -OCH3 is 1. The number of nitrogens with zero attached hydrogens (tertiary/aromatic N) is 1. The highest BCUT2D eigenvalue weighted by atomic mass is 16.5. The van der Waals surface area contributed by atoms with E-state index >= 15 is 0 Å². The minimum atomic E-state index is 0.559. The highest BCUT2D eigenvalue weighted by Crippen LogP contribution is 2.12. The molecule has 1 aliphatic heterocycles. The zero-order valence-corrected chi connectivity index (χ0v) is 11.2. The third-order valence-corrected chi connectivity index (χ3v) is 3.20. The standard InChI is InChI=1S/C13H28N2O/c1-12(2)9-14-10-13(11-16-3)15-7-5-4-6-8-15/h12-14H,4-11H2,1-3H3. The van der Waals surface area contributed by atoms with Crippen LogP contribution in [-0.4, -0.2) is 50.8 Å². The molecule has 16 heavy (non-hydrogen) atoms. The maximum Gasteiger partial charge on any atom is 0.0630 e. The molecule has 0 amide bonds. The molecule has 1 N–H and O–H groups in total. The lowest BCUT2D eigenvalue weighted by atomic mass is 10.1. The van der Waals surface area contributed by atoms with Crippen LogP contribution in [0.5, 0.6) is 0 Å². The first-order valence-corrected chi connectivity index (χ1v) is 6.67. The van der Waals surface area contributed by atoms with Crippen molar-refractivity contribution in [3.05, 3.63) is 0 Å². The van der Waals surface area contributed by atoms with Crippen molar-refractivity contribution in [2.75, 3.05) is 39.9 Å². The number of rotatable bonds is 7. The van der Waals surface area contributed by atoms with Gasteiger partial charge in [0.2, 0.25) is 0 Å². The van der Waals surface area contributed by atoms with Gasteiger partial charge in [-0.15, -0.1) is 0 Å². The van der Waals surface area contributed by atoms with E-state index in [0.717, 1.165) is 25.6 Å². The second-order valence-corrected chi connectivity index (χ2v) is 5.26. The van der Waals surface area contributed by atoms with Crippen molar-refractivity contribution in [3.8, 4) is 0 Å². The molecule has 3 nitrogen and oxygen atoms in total. The van der Waals surface area contributed by atoms with Crippen molar-refractivity contribution in [1.82, 2.24) is 10.2 Å². The Morgan fingerprint density at radius 2 is 1.81 bits per heavy atom. The highest BCUT2D eigenvalue weighted by molar-refractivity contribution is 4.76. The molecule has 0 spiro atoms. The summed E-state index contributed by atoms with van der Waals surface area (Å²) in [6.45, 7) is 10.0. The lowest BCUT2D eigenvalue weighted by molar-refractivity contribution is 0.0762. The van der Waals surface area contributed by atoms with E-state index in [2.05, 4.69) is 24.1 Å². The fourth-order valence-corrected chi connectivity index (χ4v) is 2.31. The second kappa shape index (κ2) is 8.04. The van der Waals surface area contributed by atoms with Crippen molar-refractivity contribution in [3.63, 3.8) is 0 Å². The summed E-state index contributed by atoms with van der Waals surface area (Å²) < 4.78 is 5.33. The molecule has 0 saturated carbocycles. The fourth-order valence-electron chi connectivity index (χ4n) is 2.31. The Morgan fingerprint density at radius 1 is 1.12 bits per heavy atom. The number of hydrogen-bond donors (Lipinski definition) is 1. The van der Waals surface area contributed by atoms with E-state index in [9.17, 15) is 0 Å². The van der Waals surface area contributed by atoms with Crippen LogP contribution in [0.25, 0.3) is 0 Å². The van der Waals surface area contributed by atoms with Crippen LogP contribution in [-0.2, 0) is 4.74 Å². The normalized spacial score (nSPS) is 20.2. The van der Waals surface area contributed by atoms with Gasteiger partial charge in [-0.3, -0.25) is 4.90 Å². The van der Waals surface area contributed by atoms with Gasteiger partial charge in [0.25, 0.3) is 0 Å². The average molecular weight is 228 g/mol. The first-order chi connectivity index (χ1) is 7.74. The van der Waals surface area contributed by atoms with Crippen LogP contribution in [0.1, 0.15) is 33.1 Å². The first-order valence-electron chi connectivity index (χ1n) is 6.67. The average Bonchev–Trinajstić information content (AvgIpc) is 2.29. The Morgan fingerprint density at radius 3 is 2.38 bits per heavy atom. The Labute approximate surface area is 101 Å². The maximum absolute atomic E-state index is 5.33. The predicted molar refractivity (Wildman–Crippen MR) is 68.8 cm³/mol. The summed E-state index contributed by atoms with van der Waals surface area (Å²) in [6.07, 6.45) is 4.10. The molecule has 1 fully saturated rings. The lowest BCUT2D eigenvalue weighted by Crippen LogP contribution is -2.47. The van der Waals surface area contributed by atoms with Crippen LogP contribution in [0.3, 0.4) is 0 Å². The smallest absolute Gasteiger partial charge is 0.0630 e. The third-order valence-electron chi connectivity index (χ3n) is 3.20. The summed E-state index contributed by atoms with van der Waals surface area (Å²) in [5.41, 5.74) is 0. The molecule has 1 rings (SSSR count). The van der Waals surface area contributed by atoms with E-state index in [4.69, 9.17) is 4.74 Å². The van der Waals surface area contributed by atoms with E-state index in [1.807, 2.05) is 0 Å². The summed E-state index contributed by atoms with van der Waals surface area (Å²) in [6, 6.07) is 0.559. The summed E-state index contributed by atoms with van der Waals surface area (Å²) in [7, 11) is 1.80. The SMILES string of the molecule is COCC(CNCC(C)C)N1CCCCC1. The summed E-state index contributed by atoms with van der Waals surface area (Å²) in [5, 5.41) is 3.55. The van der Waals surface area contributed by atoms with Crippen LogP contribution in [0.15, 0.2) is 0 Å². The van der Waals surface area contributed by atoms with Crippen molar-refractivity contribution in [2.24, 2.45) is 5.92 Å². The Bertz CT molecular complexity index is 167. The molecule has 0 aromatic carbocycles. The number of piperidine rings is 1. The summed E-state index contributed by atoms with van der Waals surface area (Å²) in [5.74, 6) is 0.726. The van der Waals surface area contributed by atoms with Crippen LogP contribution in [0.2, 0.25) is 0 Å². The van der Waals surface area contributed by atoms with Gasteiger partial charge in [0.15, 0.2) is 0 Å². The second-order valence-electron chi connectivity index (χ2n) is 5.26. The Balaban J connectivity index is 2.27. The van der Waals surface area contributed by atoms with Gasteiger partial charge in [-0.2, -0.15) is 0 Å². The van der Waals surface area contributed by atoms with Crippen LogP contribution in [0, 0.1) is 5.92 Å². The molecule has 0 aromatic heterocycles. The molecule has 96 valence electrons. The quantitative estimate of drug-likeness (QED) is 0.718. The molecule has 0 bridgehead atoms. The topological polar surface area (TPSA) is 24.5 Å². The molecule has 1 saturated heterocycles. The molecule has 1 atom stereocenters. The van der Waals surface area contributed by atoms with Gasteiger partial charge in [0, 0.05) is 19.7 Å². The monoisotopic (exact) mass is 228 g/mol. The number of hydrogen-bond acceptors (Lipinski definition) is 3. The van der Waals surface area contributed by atoms with Crippen molar-refractivity contribution >= 4 is 0 Å². The van der Waals surface area contributed by atoms with E-state index in [1.165, 1.54) is 32.4 Å². The van der Waals surface area contributed by atoms with Crippen LogP contribution < -0.4 is 5.32 Å². The third kappa shape index (κ3) is 5.28. The van der Waals surface area contributed by atoms with Gasteiger partial charge in [-0.1, -0.05) is 20.3 Å². The van der Waals surface area contributed by atoms with Gasteiger partial charge < -0.3 is 10.1 Å². The molecular formula is C13H28N2O. The Hall–Kier alpha value is -0.120. The molecule has 1 unspecified atom stereocenters. The molecule has 3 heteroatoms. The Kier molecular flexibility index (Phi) is 7.01. The number of nitrogens with one attached hydrogen (secondary N) is 1. The van der Waals surface area contributed by atoms with Crippen LogP contribution in [0.4, 0.5) is 0 Å². The van der Waals surface area contributed by atoms with Gasteiger partial charge >= 0.3 is 0 Å². The fraction of sp³-hybridized carbons (Fsp3) is 1.00. The van der Waals surface area contributed by atoms with E-state index < -0.39 is 0 Å². The molecule has 0 radical (unpaired) electrons. The molecular weight excluding hydrogens is 200 g/mol. The van der Waals surface area contributed by atoms with Gasteiger partial charge in [0.1, 0.15) is 0 Å². The van der Waals surface area contributed by atoms with Crippen LogP contribution >= 0.6 is 0 Å². The molecule has 0 aliphatic carbocycles. The maximum atomic E-state index is 5.33. The number of likely N-dealkylation sites (tertiary alicyclic amines) is 1. The summed E-state index contributed by atoms with van der Waals surface area (Å²) >= 11 is 0. The van der Waals surface area contributed by atoms with Crippen molar-refractivity contribution < 1.29 is 4.74 Å². The van der Waals surface area contributed by atoms with Gasteiger partial charge in [-0.05, 0) is 38.4 Å². The van der Waals surface area contributed by atoms with Crippen molar-refractivity contribution in [2.45, 2.75) is 39.2 Å². The summed E-state index contributed by atoms with van der Waals surface area (Å²) in [4.78, 5) is 2.58. The highest BCUT2D eigenvalue weighted by Gasteiger charge is 2.19. The molecule has 1 heterocycles. The first kappa shape index (κ1) is 13.9. The van der Waals surface area contributed by atoms with E-state index in [-0.39, 0.29) is 0 Å². The zero-order chi connectivity index (χ0) is 11.8. The van der Waals surface area contributed by atoms with Gasteiger partial charge in [0.05, 0.1) is 6.61 Å². The molecule has 1 aliphatic rings.